The van der Waals surface area contributed by atoms with Crippen molar-refractivity contribution in [1.82, 2.24) is 0 Å². The number of allylic oxidation sites excluding steroid dienone is 3. The van der Waals surface area contributed by atoms with E-state index in [0.717, 1.165) is 12.8 Å². The molecule has 0 aromatic heterocycles. The molecule has 2 aromatic rings. The molecule has 0 radical (unpaired) electrons. The van der Waals surface area contributed by atoms with E-state index in [0.29, 0.717) is 0 Å². The number of aryl methyl sites for hydroxylation is 2. The molecule has 1 heteroatoms. The van der Waals surface area contributed by atoms with Crippen molar-refractivity contribution in [3.8, 4) is 0 Å². The highest BCUT2D eigenvalue weighted by molar-refractivity contribution is 5.70. The molecule has 0 amide bonds. The van der Waals surface area contributed by atoms with E-state index < -0.39 is 0 Å². The molecular weight excluding hydrogens is 302 g/mol. The first-order valence-corrected chi connectivity index (χ1v) is 9.48. The van der Waals surface area contributed by atoms with Gasteiger partial charge in [0.1, 0.15) is 0 Å². The van der Waals surface area contributed by atoms with Gasteiger partial charge in [-0.05, 0) is 69.0 Å². The zero-order chi connectivity index (χ0) is 18.1. The highest BCUT2D eigenvalue weighted by Gasteiger charge is 2.12. The number of rotatable bonds is 8. The summed E-state index contributed by atoms with van der Waals surface area (Å²) in [5, 5.41) is 0. The molecule has 0 unspecified atom stereocenters. The SMILES string of the molecule is C/C=C(\C=C/CC)N(c1ccc(C)cc1)c1ccc(CCCC)cc1. The van der Waals surface area contributed by atoms with E-state index in [1.165, 1.54) is 41.0 Å². The summed E-state index contributed by atoms with van der Waals surface area (Å²) >= 11 is 0. The van der Waals surface area contributed by atoms with Gasteiger partial charge in [0.25, 0.3) is 0 Å². The summed E-state index contributed by atoms with van der Waals surface area (Å²) in [4.78, 5) is 2.33. The van der Waals surface area contributed by atoms with Crippen LogP contribution in [0.3, 0.4) is 0 Å². The van der Waals surface area contributed by atoms with Crippen LogP contribution in [0.15, 0.2) is 72.5 Å². The van der Waals surface area contributed by atoms with Crippen LogP contribution in [0.4, 0.5) is 11.4 Å². The number of benzene rings is 2. The fourth-order valence-electron chi connectivity index (χ4n) is 2.87. The van der Waals surface area contributed by atoms with E-state index in [1.807, 2.05) is 0 Å². The summed E-state index contributed by atoms with van der Waals surface area (Å²) < 4.78 is 0. The predicted molar refractivity (Wildman–Crippen MR) is 112 cm³/mol. The van der Waals surface area contributed by atoms with Gasteiger partial charge in [-0.15, -0.1) is 0 Å². The average molecular weight is 334 g/mol. The van der Waals surface area contributed by atoms with Crippen molar-refractivity contribution in [3.63, 3.8) is 0 Å². The van der Waals surface area contributed by atoms with Gasteiger partial charge in [-0.25, -0.2) is 0 Å². The zero-order valence-corrected chi connectivity index (χ0v) is 16.1. The van der Waals surface area contributed by atoms with E-state index in [2.05, 4.69) is 99.4 Å². The molecule has 0 saturated carbocycles. The summed E-state index contributed by atoms with van der Waals surface area (Å²) in [6.45, 7) is 8.64. The van der Waals surface area contributed by atoms with E-state index in [-0.39, 0.29) is 0 Å². The van der Waals surface area contributed by atoms with Crippen molar-refractivity contribution in [2.24, 2.45) is 0 Å². The molecule has 0 spiro atoms. The monoisotopic (exact) mass is 333 g/mol. The Morgan fingerprint density at radius 1 is 0.920 bits per heavy atom. The van der Waals surface area contributed by atoms with Gasteiger partial charge in [0.05, 0.1) is 0 Å². The molecule has 132 valence electrons. The second-order valence-corrected chi connectivity index (χ2v) is 6.47. The summed E-state index contributed by atoms with van der Waals surface area (Å²) in [5.74, 6) is 0. The van der Waals surface area contributed by atoms with Gasteiger partial charge in [0, 0.05) is 17.1 Å². The summed E-state index contributed by atoms with van der Waals surface area (Å²) in [6.07, 6.45) is 11.3. The highest BCUT2D eigenvalue weighted by atomic mass is 15.1. The Morgan fingerprint density at radius 2 is 1.52 bits per heavy atom. The molecule has 0 N–H and O–H groups in total. The third kappa shape index (κ3) is 5.35. The Morgan fingerprint density at radius 3 is 2.04 bits per heavy atom. The van der Waals surface area contributed by atoms with Crippen molar-refractivity contribution >= 4 is 11.4 Å². The topological polar surface area (TPSA) is 3.24 Å². The van der Waals surface area contributed by atoms with Gasteiger partial charge in [-0.1, -0.05) is 62.2 Å². The standard InChI is InChI=1S/C24H31N/c1-5-8-10-21-14-18-24(19-15-21)25(22(7-3)11-9-6-2)23-16-12-20(4)13-17-23/h7,9,11-19H,5-6,8,10H2,1-4H3/b11-9-,22-7+. The van der Waals surface area contributed by atoms with Gasteiger partial charge >= 0.3 is 0 Å². The van der Waals surface area contributed by atoms with Crippen molar-refractivity contribution in [1.29, 1.82) is 0 Å². The zero-order valence-electron chi connectivity index (χ0n) is 16.1. The van der Waals surface area contributed by atoms with Gasteiger partial charge < -0.3 is 4.90 Å². The van der Waals surface area contributed by atoms with Crippen LogP contribution in [0, 0.1) is 6.92 Å². The normalized spacial score (nSPS) is 11.9. The van der Waals surface area contributed by atoms with Crippen LogP contribution in [-0.2, 0) is 6.42 Å². The number of hydrogen-bond donors (Lipinski definition) is 0. The van der Waals surface area contributed by atoms with Crippen LogP contribution < -0.4 is 4.90 Å². The summed E-state index contributed by atoms with van der Waals surface area (Å²) in [6, 6.07) is 17.8. The van der Waals surface area contributed by atoms with Gasteiger partial charge in [-0.2, -0.15) is 0 Å². The molecule has 2 aromatic carbocycles. The lowest BCUT2D eigenvalue weighted by Gasteiger charge is -2.26. The predicted octanol–water partition coefficient (Wildman–Crippen LogP) is 7.35. The fraction of sp³-hybridized carbons (Fsp3) is 0.333. The van der Waals surface area contributed by atoms with Gasteiger partial charge in [-0.3, -0.25) is 0 Å². The van der Waals surface area contributed by atoms with E-state index in [4.69, 9.17) is 0 Å². The molecule has 0 heterocycles. The van der Waals surface area contributed by atoms with Gasteiger partial charge in [0.2, 0.25) is 0 Å². The van der Waals surface area contributed by atoms with Gasteiger partial charge in [0.15, 0.2) is 0 Å². The molecule has 0 bridgehead atoms. The number of anilines is 2. The minimum absolute atomic E-state index is 1.04. The smallest absolute Gasteiger partial charge is 0.0461 e. The molecule has 2 rings (SSSR count). The molecule has 0 fully saturated rings. The molecule has 0 aliphatic carbocycles. The summed E-state index contributed by atoms with van der Waals surface area (Å²) in [5.41, 5.74) is 6.30. The van der Waals surface area contributed by atoms with Crippen LogP contribution >= 0.6 is 0 Å². The lowest BCUT2D eigenvalue weighted by atomic mass is 10.1. The molecule has 0 aliphatic heterocycles. The third-order valence-corrected chi connectivity index (χ3v) is 4.38. The number of nitrogens with zero attached hydrogens (tertiary/aromatic N) is 1. The maximum absolute atomic E-state index is 2.33. The van der Waals surface area contributed by atoms with E-state index in [9.17, 15) is 0 Å². The molecule has 0 saturated heterocycles. The molecule has 0 atom stereocenters. The Bertz CT molecular complexity index is 690. The second kappa shape index (κ2) is 9.88. The van der Waals surface area contributed by atoms with E-state index in [1.54, 1.807) is 0 Å². The Hall–Kier alpha value is -2.28. The van der Waals surface area contributed by atoms with Crippen LogP contribution in [0.25, 0.3) is 0 Å². The summed E-state index contributed by atoms with van der Waals surface area (Å²) in [7, 11) is 0. The lowest BCUT2D eigenvalue weighted by molar-refractivity contribution is 0.795. The molecule has 0 aliphatic rings. The molecular formula is C24H31N. The second-order valence-electron chi connectivity index (χ2n) is 6.47. The largest absolute Gasteiger partial charge is 0.311 e. The average Bonchev–Trinajstić information content (AvgIpc) is 2.65. The minimum Gasteiger partial charge on any atom is -0.311 e. The van der Waals surface area contributed by atoms with E-state index >= 15 is 0 Å². The maximum Gasteiger partial charge on any atom is 0.0461 e. The van der Waals surface area contributed by atoms with Crippen molar-refractivity contribution in [2.45, 2.75) is 53.4 Å². The fourth-order valence-corrected chi connectivity index (χ4v) is 2.87. The number of unbranched alkanes of at least 4 members (excludes halogenated alkanes) is 1. The van der Waals surface area contributed by atoms with Crippen LogP contribution in [0.5, 0.6) is 0 Å². The van der Waals surface area contributed by atoms with Crippen LogP contribution in [-0.4, -0.2) is 0 Å². The lowest BCUT2D eigenvalue weighted by Crippen LogP contribution is -2.15. The first-order valence-electron chi connectivity index (χ1n) is 9.48. The Labute approximate surface area is 153 Å². The van der Waals surface area contributed by atoms with Crippen LogP contribution in [0.2, 0.25) is 0 Å². The molecule has 25 heavy (non-hydrogen) atoms. The maximum atomic E-state index is 2.33. The third-order valence-electron chi connectivity index (χ3n) is 4.38. The first-order chi connectivity index (χ1) is 12.2. The highest BCUT2D eigenvalue weighted by Crippen LogP contribution is 2.31. The van der Waals surface area contributed by atoms with Crippen LogP contribution in [0.1, 0.15) is 51.2 Å². The quantitative estimate of drug-likeness (QED) is 0.456. The molecule has 1 nitrogen and oxygen atoms in total. The Kier molecular flexibility index (Phi) is 7.53. The van der Waals surface area contributed by atoms with Crippen molar-refractivity contribution in [2.75, 3.05) is 4.90 Å². The van der Waals surface area contributed by atoms with Crippen molar-refractivity contribution < 1.29 is 0 Å². The first kappa shape index (κ1) is 19.1. The Balaban J connectivity index is 2.40. The number of hydrogen-bond acceptors (Lipinski definition) is 1. The van der Waals surface area contributed by atoms with Crippen molar-refractivity contribution in [3.05, 3.63) is 83.6 Å². The minimum atomic E-state index is 1.04.